The molecule has 1 aliphatic rings. The third-order valence-electron chi connectivity index (χ3n) is 4.02. The van der Waals surface area contributed by atoms with Gasteiger partial charge in [-0.15, -0.1) is 0 Å². The molecule has 0 N–H and O–H groups in total. The summed E-state index contributed by atoms with van der Waals surface area (Å²) in [6.07, 6.45) is 7.00. The number of rotatable bonds is 6. The summed E-state index contributed by atoms with van der Waals surface area (Å²) in [4.78, 5) is 14.4. The lowest BCUT2D eigenvalue weighted by atomic mass is 9.98. The molecule has 2 atom stereocenters. The molecule has 1 rings (SSSR count). The van der Waals surface area contributed by atoms with Crippen LogP contribution in [-0.2, 0) is 9.53 Å². The molecule has 0 saturated carbocycles. The van der Waals surface area contributed by atoms with E-state index in [2.05, 4.69) is 18.7 Å². The molecule has 2 unspecified atom stereocenters. The van der Waals surface area contributed by atoms with E-state index in [4.69, 9.17) is 4.74 Å². The zero-order valence-corrected chi connectivity index (χ0v) is 12.3. The van der Waals surface area contributed by atoms with Gasteiger partial charge in [-0.05, 0) is 51.6 Å². The average Bonchev–Trinajstić information content (AvgIpc) is 2.61. The number of carbonyl (C=O) groups excluding carboxylic acids is 1. The fourth-order valence-electron chi connectivity index (χ4n) is 2.87. The Morgan fingerprint density at radius 3 is 2.67 bits per heavy atom. The summed E-state index contributed by atoms with van der Waals surface area (Å²) >= 11 is 0. The van der Waals surface area contributed by atoms with E-state index in [-0.39, 0.29) is 12.0 Å². The standard InChI is InChI=1S/C15H29NO2/c1-4-8-14(15(17)18-6-3)16-11-7-9-13(5-2)10-12-16/h13-14H,4-12H2,1-3H3. The third kappa shape index (κ3) is 4.60. The Morgan fingerprint density at radius 2 is 2.06 bits per heavy atom. The first-order chi connectivity index (χ1) is 8.72. The van der Waals surface area contributed by atoms with E-state index in [1.807, 2.05) is 6.92 Å². The van der Waals surface area contributed by atoms with E-state index in [0.717, 1.165) is 31.8 Å². The zero-order chi connectivity index (χ0) is 13.4. The van der Waals surface area contributed by atoms with Gasteiger partial charge in [-0.1, -0.05) is 26.7 Å². The average molecular weight is 255 g/mol. The van der Waals surface area contributed by atoms with E-state index in [9.17, 15) is 4.79 Å². The highest BCUT2D eigenvalue weighted by molar-refractivity contribution is 5.75. The zero-order valence-electron chi connectivity index (χ0n) is 12.3. The molecule has 1 fully saturated rings. The molecule has 1 aliphatic heterocycles. The van der Waals surface area contributed by atoms with Crippen LogP contribution in [-0.4, -0.2) is 36.6 Å². The quantitative estimate of drug-likeness (QED) is 0.682. The molecule has 0 aromatic rings. The van der Waals surface area contributed by atoms with E-state index >= 15 is 0 Å². The van der Waals surface area contributed by atoms with Crippen LogP contribution in [0.3, 0.4) is 0 Å². The summed E-state index contributed by atoms with van der Waals surface area (Å²) in [7, 11) is 0. The molecule has 18 heavy (non-hydrogen) atoms. The van der Waals surface area contributed by atoms with Crippen molar-refractivity contribution in [3.63, 3.8) is 0 Å². The molecule has 0 bridgehead atoms. The summed E-state index contributed by atoms with van der Waals surface area (Å²) in [5.74, 6) is 0.828. The number of carbonyl (C=O) groups is 1. The number of ether oxygens (including phenoxy) is 1. The molecule has 1 saturated heterocycles. The summed E-state index contributed by atoms with van der Waals surface area (Å²) in [6.45, 7) is 8.90. The normalized spacial score (nSPS) is 23.4. The smallest absolute Gasteiger partial charge is 0.323 e. The second kappa shape index (κ2) is 8.52. The topological polar surface area (TPSA) is 29.5 Å². The largest absolute Gasteiger partial charge is 0.465 e. The third-order valence-corrected chi connectivity index (χ3v) is 4.02. The van der Waals surface area contributed by atoms with Gasteiger partial charge >= 0.3 is 5.97 Å². The van der Waals surface area contributed by atoms with Crippen molar-refractivity contribution in [3.05, 3.63) is 0 Å². The van der Waals surface area contributed by atoms with E-state index < -0.39 is 0 Å². The van der Waals surface area contributed by atoms with Crippen molar-refractivity contribution in [2.75, 3.05) is 19.7 Å². The predicted octanol–water partition coefficient (Wildman–Crippen LogP) is 3.23. The Kier molecular flexibility index (Phi) is 7.33. The number of nitrogens with zero attached hydrogens (tertiary/aromatic N) is 1. The molecule has 0 spiro atoms. The fraction of sp³-hybridized carbons (Fsp3) is 0.933. The molecule has 0 aromatic carbocycles. The van der Waals surface area contributed by atoms with Crippen LogP contribution < -0.4 is 0 Å². The Bertz CT molecular complexity index is 243. The van der Waals surface area contributed by atoms with Crippen molar-refractivity contribution in [2.24, 2.45) is 5.92 Å². The molecule has 106 valence electrons. The van der Waals surface area contributed by atoms with Crippen LogP contribution >= 0.6 is 0 Å². The molecular weight excluding hydrogens is 226 g/mol. The Morgan fingerprint density at radius 1 is 1.28 bits per heavy atom. The van der Waals surface area contributed by atoms with Crippen molar-refractivity contribution in [1.82, 2.24) is 4.90 Å². The highest BCUT2D eigenvalue weighted by Gasteiger charge is 2.28. The molecule has 3 nitrogen and oxygen atoms in total. The van der Waals surface area contributed by atoms with Crippen molar-refractivity contribution >= 4 is 5.97 Å². The second-order valence-corrected chi connectivity index (χ2v) is 5.30. The maximum absolute atomic E-state index is 12.0. The summed E-state index contributed by atoms with van der Waals surface area (Å²) < 4.78 is 5.22. The number of likely N-dealkylation sites (tertiary alicyclic amines) is 1. The van der Waals surface area contributed by atoms with Crippen molar-refractivity contribution in [1.29, 1.82) is 0 Å². The molecule has 0 amide bonds. The lowest BCUT2D eigenvalue weighted by Crippen LogP contribution is -2.42. The lowest BCUT2D eigenvalue weighted by Gasteiger charge is -2.28. The van der Waals surface area contributed by atoms with Crippen molar-refractivity contribution in [2.45, 2.75) is 65.3 Å². The fourth-order valence-corrected chi connectivity index (χ4v) is 2.87. The summed E-state index contributed by atoms with van der Waals surface area (Å²) in [5, 5.41) is 0. The van der Waals surface area contributed by atoms with Gasteiger partial charge in [0.05, 0.1) is 6.61 Å². The van der Waals surface area contributed by atoms with Gasteiger partial charge < -0.3 is 4.74 Å². The second-order valence-electron chi connectivity index (χ2n) is 5.30. The maximum Gasteiger partial charge on any atom is 0.323 e. The minimum absolute atomic E-state index is 0.00874. The van der Waals surface area contributed by atoms with Crippen LogP contribution in [0.1, 0.15) is 59.3 Å². The van der Waals surface area contributed by atoms with E-state index in [1.165, 1.54) is 25.7 Å². The lowest BCUT2D eigenvalue weighted by molar-refractivity contribution is -0.149. The minimum atomic E-state index is -0.0192. The first-order valence-corrected chi connectivity index (χ1v) is 7.63. The van der Waals surface area contributed by atoms with Crippen LogP contribution in [0.15, 0.2) is 0 Å². The van der Waals surface area contributed by atoms with Gasteiger partial charge in [0.25, 0.3) is 0 Å². The Balaban J connectivity index is 2.58. The van der Waals surface area contributed by atoms with Crippen LogP contribution in [0.5, 0.6) is 0 Å². The monoisotopic (exact) mass is 255 g/mol. The molecule has 0 aliphatic carbocycles. The van der Waals surface area contributed by atoms with Crippen LogP contribution in [0.25, 0.3) is 0 Å². The van der Waals surface area contributed by atoms with Gasteiger partial charge in [0, 0.05) is 0 Å². The van der Waals surface area contributed by atoms with Gasteiger partial charge in [-0.2, -0.15) is 0 Å². The van der Waals surface area contributed by atoms with E-state index in [0.29, 0.717) is 6.61 Å². The van der Waals surface area contributed by atoms with Crippen molar-refractivity contribution < 1.29 is 9.53 Å². The first kappa shape index (κ1) is 15.5. The molecule has 0 aromatic heterocycles. The summed E-state index contributed by atoms with van der Waals surface area (Å²) in [5.41, 5.74) is 0. The number of esters is 1. The van der Waals surface area contributed by atoms with Gasteiger partial charge in [0.2, 0.25) is 0 Å². The Hall–Kier alpha value is -0.570. The Labute approximate surface area is 112 Å². The molecule has 0 radical (unpaired) electrons. The maximum atomic E-state index is 12.0. The molecule has 1 heterocycles. The van der Waals surface area contributed by atoms with Gasteiger partial charge in [-0.3, -0.25) is 9.69 Å². The number of hydrogen-bond donors (Lipinski definition) is 0. The van der Waals surface area contributed by atoms with Crippen molar-refractivity contribution in [3.8, 4) is 0 Å². The first-order valence-electron chi connectivity index (χ1n) is 7.63. The van der Waals surface area contributed by atoms with Gasteiger partial charge in [-0.25, -0.2) is 0 Å². The van der Waals surface area contributed by atoms with Gasteiger partial charge in [0.15, 0.2) is 0 Å². The highest BCUT2D eigenvalue weighted by atomic mass is 16.5. The SMILES string of the molecule is CCCC(C(=O)OCC)N1CCCC(CC)CC1. The molecule has 3 heteroatoms. The van der Waals surface area contributed by atoms with Gasteiger partial charge in [0.1, 0.15) is 6.04 Å². The number of hydrogen-bond acceptors (Lipinski definition) is 3. The highest BCUT2D eigenvalue weighted by Crippen LogP contribution is 2.23. The van der Waals surface area contributed by atoms with Crippen LogP contribution in [0, 0.1) is 5.92 Å². The summed E-state index contributed by atoms with van der Waals surface area (Å²) in [6, 6.07) is -0.00874. The predicted molar refractivity (Wildman–Crippen MR) is 74.5 cm³/mol. The van der Waals surface area contributed by atoms with Crippen LogP contribution in [0.4, 0.5) is 0 Å². The van der Waals surface area contributed by atoms with Crippen LogP contribution in [0.2, 0.25) is 0 Å². The minimum Gasteiger partial charge on any atom is -0.465 e. The molecular formula is C15H29NO2. The van der Waals surface area contributed by atoms with E-state index in [1.54, 1.807) is 0 Å².